The zero-order valence-electron chi connectivity index (χ0n) is 11.5. The highest BCUT2D eigenvalue weighted by Gasteiger charge is 2.25. The first-order valence-corrected chi connectivity index (χ1v) is 6.08. The predicted octanol–water partition coefficient (Wildman–Crippen LogP) is 3.76. The van der Waals surface area contributed by atoms with Crippen LogP contribution in [0.1, 0.15) is 40.5 Å². The zero-order valence-corrected chi connectivity index (χ0v) is 11.5. The second-order valence-electron chi connectivity index (χ2n) is 5.01. The van der Waals surface area contributed by atoms with Crippen LogP contribution < -0.4 is 0 Å². The number of hydrogen-bond acceptors (Lipinski definition) is 2. The minimum atomic E-state index is -0.478. The minimum Gasteiger partial charge on any atom is -0.444 e. The van der Waals surface area contributed by atoms with Crippen LogP contribution in [0.25, 0.3) is 0 Å². The average molecular weight is 239 g/mol. The Hall–Kier alpha value is -1.25. The standard InChI is InChI=1S/C14H25NO2/c1-7-10-12(9-3)15(11-8-2)13(16)17-14(4,5)6/h8-9,12H,2-3,7,10-11H2,1,4-6H3/t12-/m0/s1. The third kappa shape index (κ3) is 6.15. The maximum atomic E-state index is 12.0. The van der Waals surface area contributed by atoms with E-state index in [1.54, 1.807) is 17.1 Å². The fraction of sp³-hybridized carbons (Fsp3) is 0.643. The molecule has 0 aromatic rings. The van der Waals surface area contributed by atoms with Gasteiger partial charge in [0.25, 0.3) is 0 Å². The number of amides is 1. The molecule has 0 aliphatic carbocycles. The van der Waals surface area contributed by atoms with Gasteiger partial charge in [0.05, 0.1) is 6.04 Å². The number of rotatable bonds is 6. The van der Waals surface area contributed by atoms with Crippen LogP contribution >= 0.6 is 0 Å². The Labute approximate surface area is 105 Å². The van der Waals surface area contributed by atoms with Crippen molar-refractivity contribution in [3.05, 3.63) is 25.3 Å². The van der Waals surface area contributed by atoms with Crippen molar-refractivity contribution in [2.24, 2.45) is 0 Å². The molecule has 3 heteroatoms. The quantitative estimate of drug-likeness (QED) is 0.660. The molecule has 0 unspecified atom stereocenters. The van der Waals surface area contributed by atoms with E-state index in [1.165, 1.54) is 0 Å². The normalized spacial score (nSPS) is 12.7. The molecule has 1 atom stereocenters. The van der Waals surface area contributed by atoms with Crippen LogP contribution in [-0.2, 0) is 4.74 Å². The molecule has 0 aliphatic rings. The zero-order chi connectivity index (χ0) is 13.5. The SMILES string of the molecule is C=CCN(C(=O)OC(C)(C)C)[C@@H](C=C)CCC. The highest BCUT2D eigenvalue weighted by Crippen LogP contribution is 2.15. The summed E-state index contributed by atoms with van der Waals surface area (Å²) in [5.74, 6) is 0. The van der Waals surface area contributed by atoms with E-state index >= 15 is 0 Å². The summed E-state index contributed by atoms with van der Waals surface area (Å²) in [6, 6.07) is 0.00727. The summed E-state index contributed by atoms with van der Waals surface area (Å²) in [6.07, 6.45) is 5.06. The van der Waals surface area contributed by atoms with Crippen molar-refractivity contribution >= 4 is 6.09 Å². The highest BCUT2D eigenvalue weighted by atomic mass is 16.6. The molecule has 1 amide bonds. The summed E-state index contributed by atoms with van der Waals surface area (Å²) in [4.78, 5) is 13.7. The Balaban J connectivity index is 4.75. The molecule has 0 radical (unpaired) electrons. The average Bonchev–Trinajstić information content (AvgIpc) is 2.20. The molecular formula is C14H25NO2. The molecule has 98 valence electrons. The van der Waals surface area contributed by atoms with Crippen molar-refractivity contribution < 1.29 is 9.53 Å². The summed E-state index contributed by atoms with van der Waals surface area (Å²) in [5, 5.41) is 0. The van der Waals surface area contributed by atoms with Crippen LogP contribution in [0.3, 0.4) is 0 Å². The number of carbonyl (C=O) groups is 1. The van der Waals surface area contributed by atoms with E-state index in [0.717, 1.165) is 12.8 Å². The number of ether oxygens (including phenoxy) is 1. The third-order valence-corrected chi connectivity index (χ3v) is 2.21. The van der Waals surface area contributed by atoms with Crippen molar-refractivity contribution in [2.75, 3.05) is 6.54 Å². The molecule has 0 heterocycles. The maximum Gasteiger partial charge on any atom is 0.411 e. The van der Waals surface area contributed by atoms with Gasteiger partial charge < -0.3 is 4.74 Å². The Morgan fingerprint density at radius 2 is 2.00 bits per heavy atom. The van der Waals surface area contributed by atoms with E-state index in [4.69, 9.17) is 4.74 Å². The van der Waals surface area contributed by atoms with Crippen molar-refractivity contribution in [1.82, 2.24) is 4.90 Å². The topological polar surface area (TPSA) is 29.5 Å². The molecule has 0 rings (SSSR count). The van der Waals surface area contributed by atoms with Gasteiger partial charge in [-0.25, -0.2) is 4.79 Å². The van der Waals surface area contributed by atoms with Crippen LogP contribution in [-0.4, -0.2) is 29.2 Å². The first kappa shape index (κ1) is 15.8. The van der Waals surface area contributed by atoms with Gasteiger partial charge >= 0.3 is 6.09 Å². The van der Waals surface area contributed by atoms with Gasteiger partial charge in [-0.05, 0) is 27.2 Å². The smallest absolute Gasteiger partial charge is 0.411 e. The minimum absolute atomic E-state index is 0.00727. The molecule has 0 aliphatic heterocycles. The molecule has 0 fully saturated rings. The van der Waals surface area contributed by atoms with Crippen LogP contribution in [0.2, 0.25) is 0 Å². The van der Waals surface area contributed by atoms with Gasteiger partial charge in [-0.2, -0.15) is 0 Å². The van der Waals surface area contributed by atoms with Gasteiger partial charge in [0.1, 0.15) is 5.60 Å². The number of carbonyl (C=O) groups excluding carboxylic acids is 1. The van der Waals surface area contributed by atoms with Gasteiger partial charge in [-0.15, -0.1) is 13.2 Å². The van der Waals surface area contributed by atoms with E-state index in [9.17, 15) is 4.79 Å². The van der Waals surface area contributed by atoms with E-state index in [2.05, 4.69) is 20.1 Å². The van der Waals surface area contributed by atoms with Crippen LogP contribution in [0, 0.1) is 0 Å². The molecule has 0 spiro atoms. The van der Waals surface area contributed by atoms with Gasteiger partial charge in [-0.1, -0.05) is 25.5 Å². The molecular weight excluding hydrogens is 214 g/mol. The monoisotopic (exact) mass is 239 g/mol. The lowest BCUT2D eigenvalue weighted by atomic mass is 10.1. The number of nitrogens with zero attached hydrogens (tertiary/aromatic N) is 1. The second-order valence-corrected chi connectivity index (χ2v) is 5.01. The fourth-order valence-corrected chi connectivity index (χ4v) is 1.50. The summed E-state index contributed by atoms with van der Waals surface area (Å²) in [7, 11) is 0. The van der Waals surface area contributed by atoms with E-state index in [0.29, 0.717) is 6.54 Å². The van der Waals surface area contributed by atoms with Crippen molar-refractivity contribution in [3.63, 3.8) is 0 Å². The molecule has 0 bridgehead atoms. The summed E-state index contributed by atoms with van der Waals surface area (Å²) in [5.41, 5.74) is -0.478. The van der Waals surface area contributed by atoms with Crippen LogP contribution in [0.5, 0.6) is 0 Å². The lowest BCUT2D eigenvalue weighted by molar-refractivity contribution is 0.0218. The Kier molecular flexibility index (Phi) is 6.62. The summed E-state index contributed by atoms with van der Waals surface area (Å²) in [6.45, 7) is 15.6. The van der Waals surface area contributed by atoms with Gasteiger partial charge in [-0.3, -0.25) is 4.90 Å². The van der Waals surface area contributed by atoms with Gasteiger partial charge in [0.15, 0.2) is 0 Å². The Morgan fingerprint density at radius 1 is 1.41 bits per heavy atom. The predicted molar refractivity (Wildman–Crippen MR) is 72.0 cm³/mol. The molecule has 0 saturated carbocycles. The van der Waals surface area contributed by atoms with E-state index in [-0.39, 0.29) is 12.1 Å². The third-order valence-electron chi connectivity index (χ3n) is 2.21. The highest BCUT2D eigenvalue weighted by molar-refractivity contribution is 5.69. The van der Waals surface area contributed by atoms with Crippen LogP contribution in [0.15, 0.2) is 25.3 Å². The fourth-order valence-electron chi connectivity index (χ4n) is 1.50. The summed E-state index contributed by atoms with van der Waals surface area (Å²) < 4.78 is 5.37. The molecule has 0 aromatic carbocycles. The van der Waals surface area contributed by atoms with E-state index in [1.807, 2.05) is 20.8 Å². The lowest BCUT2D eigenvalue weighted by Crippen LogP contribution is -2.42. The maximum absolute atomic E-state index is 12.0. The van der Waals surface area contributed by atoms with Crippen LogP contribution in [0.4, 0.5) is 4.79 Å². The lowest BCUT2D eigenvalue weighted by Gasteiger charge is -2.31. The summed E-state index contributed by atoms with van der Waals surface area (Å²) >= 11 is 0. The van der Waals surface area contributed by atoms with E-state index < -0.39 is 5.60 Å². The molecule has 17 heavy (non-hydrogen) atoms. The second kappa shape index (κ2) is 7.15. The largest absolute Gasteiger partial charge is 0.444 e. The Morgan fingerprint density at radius 3 is 2.35 bits per heavy atom. The molecule has 0 aromatic heterocycles. The van der Waals surface area contributed by atoms with Gasteiger partial charge in [0.2, 0.25) is 0 Å². The first-order chi connectivity index (χ1) is 7.85. The molecule has 0 saturated heterocycles. The first-order valence-electron chi connectivity index (χ1n) is 6.08. The Bertz CT molecular complexity index is 266. The van der Waals surface area contributed by atoms with Gasteiger partial charge in [0, 0.05) is 6.54 Å². The van der Waals surface area contributed by atoms with Crippen molar-refractivity contribution in [1.29, 1.82) is 0 Å². The molecule has 0 N–H and O–H groups in total. The molecule has 3 nitrogen and oxygen atoms in total. The number of hydrogen-bond donors (Lipinski definition) is 0. The van der Waals surface area contributed by atoms with Crippen molar-refractivity contribution in [3.8, 4) is 0 Å². The van der Waals surface area contributed by atoms with Crippen molar-refractivity contribution in [2.45, 2.75) is 52.2 Å².